The molecule has 10 heteroatoms. The Labute approximate surface area is 119 Å². The molecule has 1 unspecified atom stereocenters. The van der Waals surface area contributed by atoms with Crippen molar-refractivity contribution in [3.05, 3.63) is 30.0 Å². The van der Waals surface area contributed by atoms with Crippen LogP contribution < -0.4 is 10.6 Å². The molecule has 2 heterocycles. The number of nitrogens with zero attached hydrogens (tertiary/aromatic N) is 4. The first-order valence-corrected chi connectivity index (χ1v) is 5.98. The van der Waals surface area contributed by atoms with Gasteiger partial charge in [0.2, 0.25) is 0 Å². The molecule has 2 rings (SSSR count). The number of aliphatic carboxylic acids is 1. The quantitative estimate of drug-likeness (QED) is 0.682. The molecule has 0 aliphatic carbocycles. The number of amides is 2. The van der Waals surface area contributed by atoms with Crippen molar-refractivity contribution >= 4 is 12.0 Å². The minimum absolute atomic E-state index is 0.0214. The number of carboxylic acids is 1. The van der Waals surface area contributed by atoms with Gasteiger partial charge in [-0.3, -0.25) is 0 Å². The zero-order chi connectivity index (χ0) is 15.5. The number of carboxylic acid groups (broad SMARTS) is 1. The summed E-state index contributed by atoms with van der Waals surface area (Å²) in [6, 6.07) is 2.32. The van der Waals surface area contributed by atoms with Crippen LogP contribution in [0.5, 0.6) is 0 Å². The maximum Gasteiger partial charge on any atom is 0.337 e. The summed E-state index contributed by atoms with van der Waals surface area (Å²) in [6.45, 7) is 1.35. The van der Waals surface area contributed by atoms with Crippen molar-refractivity contribution in [3.63, 3.8) is 0 Å². The molecule has 0 spiro atoms. The molecule has 0 saturated carbocycles. The largest absolute Gasteiger partial charge is 0.479 e. The van der Waals surface area contributed by atoms with Crippen molar-refractivity contribution in [1.82, 2.24) is 30.8 Å². The van der Waals surface area contributed by atoms with Gasteiger partial charge in [0.1, 0.15) is 5.76 Å². The average Bonchev–Trinajstić information content (AvgIpc) is 3.07. The molecule has 0 radical (unpaired) electrons. The lowest BCUT2D eigenvalue weighted by atomic mass is 9.99. The third kappa shape index (κ3) is 3.16. The Balaban J connectivity index is 2.01. The Morgan fingerprint density at radius 1 is 1.52 bits per heavy atom. The highest BCUT2D eigenvalue weighted by molar-refractivity contribution is 5.86. The summed E-state index contributed by atoms with van der Waals surface area (Å²) in [7, 11) is 1.59. The Kier molecular flexibility index (Phi) is 3.87. The molecule has 0 bridgehead atoms. The number of tetrazole rings is 1. The second-order valence-corrected chi connectivity index (χ2v) is 4.41. The second kappa shape index (κ2) is 5.61. The fourth-order valence-corrected chi connectivity index (χ4v) is 1.61. The summed E-state index contributed by atoms with van der Waals surface area (Å²) in [6.07, 6.45) is 1.33. The number of urea groups is 1. The summed E-state index contributed by atoms with van der Waals surface area (Å²) >= 11 is 0. The molecule has 112 valence electrons. The highest BCUT2D eigenvalue weighted by atomic mass is 16.4. The number of carbonyl (C=O) groups is 2. The smallest absolute Gasteiger partial charge is 0.337 e. The molecule has 21 heavy (non-hydrogen) atoms. The van der Waals surface area contributed by atoms with E-state index in [0.29, 0.717) is 5.82 Å². The summed E-state index contributed by atoms with van der Waals surface area (Å²) in [5, 5.41) is 25.3. The maximum atomic E-state index is 11.8. The highest BCUT2D eigenvalue weighted by Crippen LogP contribution is 2.21. The van der Waals surface area contributed by atoms with Crippen molar-refractivity contribution in [2.24, 2.45) is 7.05 Å². The third-order valence-electron chi connectivity index (χ3n) is 2.76. The predicted octanol–water partition coefficient (Wildman–Crippen LogP) is -0.398. The normalized spacial score (nSPS) is 13.4. The van der Waals surface area contributed by atoms with Crippen molar-refractivity contribution in [2.45, 2.75) is 19.0 Å². The third-order valence-corrected chi connectivity index (χ3v) is 2.76. The molecule has 0 aliphatic heterocycles. The Bertz CT molecular complexity index is 637. The molecule has 2 amide bonds. The van der Waals surface area contributed by atoms with Crippen LogP contribution in [0.2, 0.25) is 0 Å². The number of hydrogen-bond donors (Lipinski definition) is 3. The van der Waals surface area contributed by atoms with Gasteiger partial charge in [-0.2, -0.15) is 4.80 Å². The lowest BCUT2D eigenvalue weighted by Crippen LogP contribution is -2.52. The van der Waals surface area contributed by atoms with Crippen LogP contribution in [0.4, 0.5) is 4.79 Å². The number of rotatable bonds is 5. The van der Waals surface area contributed by atoms with Crippen molar-refractivity contribution in [3.8, 4) is 0 Å². The van der Waals surface area contributed by atoms with Crippen molar-refractivity contribution in [1.29, 1.82) is 0 Å². The van der Waals surface area contributed by atoms with E-state index in [-0.39, 0.29) is 12.3 Å². The van der Waals surface area contributed by atoms with Crippen LogP contribution in [0.25, 0.3) is 0 Å². The first-order valence-electron chi connectivity index (χ1n) is 5.98. The van der Waals surface area contributed by atoms with Crippen molar-refractivity contribution < 1.29 is 19.1 Å². The van der Waals surface area contributed by atoms with Gasteiger partial charge in [-0.15, -0.1) is 10.2 Å². The second-order valence-electron chi connectivity index (χ2n) is 4.41. The van der Waals surface area contributed by atoms with E-state index >= 15 is 0 Å². The zero-order valence-electron chi connectivity index (χ0n) is 11.4. The molecule has 0 fully saturated rings. The van der Waals surface area contributed by atoms with Crippen LogP contribution >= 0.6 is 0 Å². The van der Waals surface area contributed by atoms with Gasteiger partial charge in [-0.05, 0) is 24.3 Å². The molecule has 2 aromatic heterocycles. The van der Waals surface area contributed by atoms with E-state index in [0.717, 1.165) is 0 Å². The number of aryl methyl sites for hydroxylation is 1. The molecular formula is C11H14N6O4. The van der Waals surface area contributed by atoms with E-state index < -0.39 is 17.5 Å². The van der Waals surface area contributed by atoms with Gasteiger partial charge < -0.3 is 20.2 Å². The zero-order valence-corrected chi connectivity index (χ0v) is 11.4. The monoisotopic (exact) mass is 294 g/mol. The van der Waals surface area contributed by atoms with Crippen LogP contribution in [0.1, 0.15) is 18.5 Å². The number of carbonyl (C=O) groups excluding carboxylic acids is 1. The summed E-state index contributed by atoms with van der Waals surface area (Å²) in [4.78, 5) is 24.5. The molecule has 2 aromatic rings. The predicted molar refractivity (Wildman–Crippen MR) is 67.9 cm³/mol. The number of nitrogens with one attached hydrogen (secondary N) is 2. The standard InChI is InChI=1S/C11H14N6O4/c1-11(9(18)19,7-4-3-5-21-7)13-10(20)12-6-8-14-16-17(2)15-8/h3-5H,6H2,1-2H3,(H,18,19)(H2,12,13,20). The number of aromatic nitrogens is 4. The van der Waals surface area contributed by atoms with Crippen LogP contribution in [-0.4, -0.2) is 37.3 Å². The SMILES string of the molecule is Cn1nnc(CNC(=O)NC(C)(C(=O)O)c2ccco2)n1. The van der Waals surface area contributed by atoms with Crippen LogP contribution in [0.3, 0.4) is 0 Å². The summed E-state index contributed by atoms with van der Waals surface area (Å²) in [5.74, 6) is -0.823. The first kappa shape index (κ1) is 14.5. The van der Waals surface area contributed by atoms with Crippen LogP contribution in [0.15, 0.2) is 22.8 Å². The number of furan rings is 1. The van der Waals surface area contributed by atoms with E-state index in [1.54, 1.807) is 13.1 Å². The van der Waals surface area contributed by atoms with Gasteiger partial charge in [0.25, 0.3) is 0 Å². The molecule has 0 aromatic carbocycles. The fraction of sp³-hybridized carbons (Fsp3) is 0.364. The van der Waals surface area contributed by atoms with Crippen molar-refractivity contribution in [2.75, 3.05) is 0 Å². The van der Waals surface area contributed by atoms with Gasteiger partial charge in [-0.1, -0.05) is 0 Å². The topological polar surface area (TPSA) is 135 Å². The number of hydrogen-bond acceptors (Lipinski definition) is 6. The van der Waals surface area contributed by atoms with Crippen LogP contribution in [0, 0.1) is 0 Å². The van der Waals surface area contributed by atoms with E-state index in [1.807, 2.05) is 0 Å². The van der Waals surface area contributed by atoms with Gasteiger partial charge >= 0.3 is 12.0 Å². The van der Waals surface area contributed by atoms with Gasteiger partial charge in [0.05, 0.1) is 19.9 Å². The van der Waals surface area contributed by atoms with Crippen LogP contribution in [-0.2, 0) is 23.9 Å². The van der Waals surface area contributed by atoms with Gasteiger partial charge in [0.15, 0.2) is 11.4 Å². The summed E-state index contributed by atoms with van der Waals surface area (Å²) in [5.41, 5.74) is -1.68. The van der Waals surface area contributed by atoms with E-state index in [9.17, 15) is 14.7 Å². The Morgan fingerprint density at radius 3 is 2.81 bits per heavy atom. The molecule has 10 nitrogen and oxygen atoms in total. The summed E-state index contributed by atoms with van der Waals surface area (Å²) < 4.78 is 5.07. The van der Waals surface area contributed by atoms with E-state index in [1.165, 1.54) is 24.0 Å². The average molecular weight is 294 g/mol. The lowest BCUT2D eigenvalue weighted by molar-refractivity contribution is -0.144. The minimum atomic E-state index is -1.68. The molecular weight excluding hydrogens is 280 g/mol. The fourth-order valence-electron chi connectivity index (χ4n) is 1.61. The Morgan fingerprint density at radius 2 is 2.29 bits per heavy atom. The van der Waals surface area contributed by atoms with Gasteiger partial charge in [-0.25, -0.2) is 9.59 Å². The van der Waals surface area contributed by atoms with E-state index in [2.05, 4.69) is 26.0 Å². The first-order chi connectivity index (χ1) is 9.91. The maximum absolute atomic E-state index is 11.8. The van der Waals surface area contributed by atoms with E-state index in [4.69, 9.17) is 4.42 Å². The minimum Gasteiger partial charge on any atom is -0.479 e. The molecule has 1 atom stereocenters. The lowest BCUT2D eigenvalue weighted by Gasteiger charge is -2.23. The highest BCUT2D eigenvalue weighted by Gasteiger charge is 2.39. The van der Waals surface area contributed by atoms with Gasteiger partial charge in [0, 0.05) is 0 Å². The molecule has 3 N–H and O–H groups in total. The molecule has 0 saturated heterocycles. The Hall–Kier alpha value is -2.91. The molecule has 0 aliphatic rings.